The summed E-state index contributed by atoms with van der Waals surface area (Å²) in [7, 11) is 0. The summed E-state index contributed by atoms with van der Waals surface area (Å²) in [5.41, 5.74) is 0.0605. The molecule has 17 heavy (non-hydrogen) atoms. The summed E-state index contributed by atoms with van der Waals surface area (Å²) in [6, 6.07) is 1.64. The van der Waals surface area contributed by atoms with Crippen molar-refractivity contribution in [1.82, 2.24) is 0 Å². The third-order valence-corrected chi connectivity index (χ3v) is 3.10. The van der Waals surface area contributed by atoms with Crippen LogP contribution in [0.4, 0.5) is 8.78 Å². The van der Waals surface area contributed by atoms with Gasteiger partial charge in [-0.05, 0) is 6.42 Å². The van der Waals surface area contributed by atoms with Crippen LogP contribution >= 0.6 is 15.9 Å². The average Bonchev–Trinajstić information content (AvgIpc) is 2.27. The summed E-state index contributed by atoms with van der Waals surface area (Å²) in [4.78, 5) is 22.9. The lowest BCUT2D eigenvalue weighted by Crippen LogP contribution is -2.35. The number of fused-ring (bicyclic) bond motifs is 1. The number of ketones is 1. The van der Waals surface area contributed by atoms with Crippen LogP contribution in [0.5, 0.6) is 5.75 Å². The molecule has 0 radical (unpaired) electrons. The molecule has 1 atom stereocenters. The molecule has 6 heteroatoms. The monoisotopic (exact) mass is 304 g/mol. The third-order valence-electron chi connectivity index (χ3n) is 2.54. The number of benzene rings is 1. The fraction of sp³-hybridized carbons (Fsp3) is 0.273. The van der Waals surface area contributed by atoms with Crippen LogP contribution < -0.4 is 4.74 Å². The highest BCUT2D eigenvalue weighted by atomic mass is 79.9. The van der Waals surface area contributed by atoms with Gasteiger partial charge in [0.2, 0.25) is 0 Å². The van der Waals surface area contributed by atoms with Crippen LogP contribution in [0, 0.1) is 17.6 Å². The standard InChI is InChI=1S/C11H7BrF2O3/c12-4-9(15)7-3-6-8(14)1-5(13)2-10(6)17-11(7)16/h1-2,7H,3-4H2. The fourth-order valence-corrected chi connectivity index (χ4v) is 2.07. The van der Waals surface area contributed by atoms with Crippen LogP contribution in [0.15, 0.2) is 12.1 Å². The summed E-state index contributed by atoms with van der Waals surface area (Å²) in [5, 5.41) is -0.00901. The topological polar surface area (TPSA) is 43.4 Å². The van der Waals surface area contributed by atoms with Crippen LogP contribution in [-0.2, 0) is 16.0 Å². The van der Waals surface area contributed by atoms with E-state index in [-0.39, 0.29) is 28.8 Å². The van der Waals surface area contributed by atoms with Gasteiger partial charge < -0.3 is 4.74 Å². The van der Waals surface area contributed by atoms with Crippen molar-refractivity contribution in [2.45, 2.75) is 6.42 Å². The van der Waals surface area contributed by atoms with Crippen molar-refractivity contribution in [3.8, 4) is 5.75 Å². The average molecular weight is 305 g/mol. The van der Waals surface area contributed by atoms with Crippen molar-refractivity contribution in [3.63, 3.8) is 0 Å². The van der Waals surface area contributed by atoms with Crippen molar-refractivity contribution in [3.05, 3.63) is 29.3 Å². The summed E-state index contributed by atoms with van der Waals surface area (Å²) in [5.74, 6) is -3.96. The molecule has 1 aliphatic rings. The number of esters is 1. The van der Waals surface area contributed by atoms with Crippen LogP contribution in [-0.4, -0.2) is 17.1 Å². The van der Waals surface area contributed by atoms with Crippen molar-refractivity contribution in [2.24, 2.45) is 5.92 Å². The number of carbonyl (C=O) groups is 2. The lowest BCUT2D eigenvalue weighted by Gasteiger charge is -2.22. The van der Waals surface area contributed by atoms with Gasteiger partial charge in [-0.1, -0.05) is 15.9 Å². The minimum absolute atomic E-state index is 0.00901. The molecule has 1 heterocycles. The van der Waals surface area contributed by atoms with Gasteiger partial charge in [0.05, 0.1) is 5.33 Å². The van der Waals surface area contributed by atoms with E-state index in [1.165, 1.54) is 0 Å². The zero-order chi connectivity index (χ0) is 12.6. The molecule has 1 unspecified atom stereocenters. The van der Waals surface area contributed by atoms with E-state index in [1.54, 1.807) is 0 Å². The minimum atomic E-state index is -1.03. The number of rotatable bonds is 2. The Morgan fingerprint density at radius 3 is 2.82 bits per heavy atom. The van der Waals surface area contributed by atoms with Crippen LogP contribution in [0.2, 0.25) is 0 Å². The van der Waals surface area contributed by atoms with Crippen molar-refractivity contribution >= 4 is 27.7 Å². The van der Waals surface area contributed by atoms with E-state index < -0.39 is 23.5 Å². The number of hydrogen-bond donors (Lipinski definition) is 0. The first-order valence-corrected chi connectivity index (χ1v) is 5.93. The van der Waals surface area contributed by atoms with Crippen molar-refractivity contribution in [2.75, 3.05) is 5.33 Å². The largest absolute Gasteiger partial charge is 0.425 e. The number of carbonyl (C=O) groups excluding carboxylic acids is 2. The van der Waals surface area contributed by atoms with E-state index in [0.29, 0.717) is 6.07 Å². The second-order valence-corrected chi connectivity index (χ2v) is 4.20. The van der Waals surface area contributed by atoms with Gasteiger partial charge in [-0.15, -0.1) is 0 Å². The second-order valence-electron chi connectivity index (χ2n) is 3.64. The maximum atomic E-state index is 13.4. The summed E-state index contributed by atoms with van der Waals surface area (Å²) in [6.07, 6.45) is -0.0925. The molecule has 0 saturated heterocycles. The van der Waals surface area contributed by atoms with Crippen molar-refractivity contribution in [1.29, 1.82) is 0 Å². The highest BCUT2D eigenvalue weighted by molar-refractivity contribution is 9.09. The van der Waals surface area contributed by atoms with Gasteiger partial charge in [0.15, 0.2) is 5.78 Å². The van der Waals surface area contributed by atoms with Gasteiger partial charge >= 0.3 is 5.97 Å². The highest BCUT2D eigenvalue weighted by Crippen LogP contribution is 2.31. The molecule has 0 spiro atoms. The minimum Gasteiger partial charge on any atom is -0.425 e. The van der Waals surface area contributed by atoms with Gasteiger partial charge in [-0.2, -0.15) is 0 Å². The lowest BCUT2D eigenvalue weighted by molar-refractivity contribution is -0.144. The number of ether oxygens (including phenoxy) is 1. The van der Waals surface area contributed by atoms with Gasteiger partial charge in [0.1, 0.15) is 23.3 Å². The predicted octanol–water partition coefficient (Wildman–Crippen LogP) is 2.01. The number of alkyl halides is 1. The molecule has 0 bridgehead atoms. The Kier molecular flexibility index (Phi) is 3.24. The van der Waals surface area contributed by atoms with Gasteiger partial charge in [-0.3, -0.25) is 9.59 Å². The Morgan fingerprint density at radius 1 is 1.47 bits per heavy atom. The molecule has 90 valence electrons. The molecule has 1 aromatic rings. The molecule has 0 aromatic heterocycles. The number of Topliss-reactive ketones (excluding diaryl/α,β-unsaturated/α-hetero) is 1. The summed E-state index contributed by atoms with van der Waals surface area (Å²) >= 11 is 2.94. The molecular weight excluding hydrogens is 298 g/mol. The van der Waals surface area contributed by atoms with E-state index in [2.05, 4.69) is 15.9 Å². The van der Waals surface area contributed by atoms with Gasteiger partial charge in [-0.25, -0.2) is 8.78 Å². The Labute approximate surface area is 104 Å². The first-order chi connectivity index (χ1) is 8.02. The van der Waals surface area contributed by atoms with Crippen LogP contribution in [0.1, 0.15) is 5.56 Å². The molecule has 1 aliphatic heterocycles. The molecule has 0 saturated carbocycles. The maximum absolute atomic E-state index is 13.4. The van der Waals surface area contributed by atoms with Crippen LogP contribution in [0.3, 0.4) is 0 Å². The van der Waals surface area contributed by atoms with Crippen molar-refractivity contribution < 1.29 is 23.1 Å². The smallest absolute Gasteiger partial charge is 0.322 e. The van der Waals surface area contributed by atoms with Gasteiger partial charge in [0.25, 0.3) is 0 Å². The first-order valence-electron chi connectivity index (χ1n) is 4.81. The summed E-state index contributed by atoms with van der Waals surface area (Å²) in [6.45, 7) is 0. The quantitative estimate of drug-likeness (QED) is 0.363. The summed E-state index contributed by atoms with van der Waals surface area (Å²) < 4.78 is 31.1. The van der Waals surface area contributed by atoms with Crippen LogP contribution in [0.25, 0.3) is 0 Å². The lowest BCUT2D eigenvalue weighted by atomic mass is 9.93. The SMILES string of the molecule is O=C(CBr)C1Cc2c(F)cc(F)cc2OC1=O. The highest BCUT2D eigenvalue weighted by Gasteiger charge is 2.35. The maximum Gasteiger partial charge on any atom is 0.322 e. The normalized spacial score (nSPS) is 18.5. The Morgan fingerprint density at radius 2 is 2.18 bits per heavy atom. The zero-order valence-corrected chi connectivity index (χ0v) is 10.1. The predicted molar refractivity (Wildman–Crippen MR) is 58.0 cm³/mol. The molecule has 0 fully saturated rings. The molecule has 0 amide bonds. The fourth-order valence-electron chi connectivity index (χ4n) is 1.67. The Bertz CT molecular complexity index is 502. The molecule has 2 rings (SSSR count). The number of halogens is 3. The zero-order valence-electron chi connectivity index (χ0n) is 8.50. The van der Waals surface area contributed by atoms with E-state index >= 15 is 0 Å². The first kappa shape index (κ1) is 12.2. The molecular formula is C11H7BrF2O3. The molecule has 0 N–H and O–H groups in total. The third kappa shape index (κ3) is 2.22. The van der Waals surface area contributed by atoms with E-state index in [9.17, 15) is 18.4 Å². The van der Waals surface area contributed by atoms with E-state index in [1.807, 2.05) is 0 Å². The van der Waals surface area contributed by atoms with E-state index in [4.69, 9.17) is 4.74 Å². The Hall–Kier alpha value is -1.30. The molecule has 0 aliphatic carbocycles. The molecule has 1 aromatic carbocycles. The number of hydrogen-bond acceptors (Lipinski definition) is 3. The van der Waals surface area contributed by atoms with E-state index in [0.717, 1.165) is 6.07 Å². The second kappa shape index (κ2) is 4.52. The van der Waals surface area contributed by atoms with Gasteiger partial charge in [0, 0.05) is 17.7 Å². The molecule has 3 nitrogen and oxygen atoms in total. The Balaban J connectivity index is 2.41.